The number of anilines is 1. The highest BCUT2D eigenvalue weighted by Gasteiger charge is 2.50. The summed E-state index contributed by atoms with van der Waals surface area (Å²) < 4.78 is 37.7. The quantitative estimate of drug-likeness (QED) is 0.466. The maximum Gasteiger partial charge on any atom is 0.235 e. The number of alkyl halides is 1. The lowest BCUT2D eigenvalue weighted by atomic mass is 9.94. The summed E-state index contributed by atoms with van der Waals surface area (Å²) in [7, 11) is 0. The number of hydrogen-bond donors (Lipinski definition) is 2. The number of terminal acetylenes is 1. The molecular formula is C32H34F2N6O. The molecule has 0 amide bonds. The highest BCUT2D eigenvalue weighted by atomic mass is 19.1. The molecule has 0 spiro atoms. The number of benzene rings is 2. The third-order valence-corrected chi connectivity index (χ3v) is 9.05. The third-order valence-electron chi connectivity index (χ3n) is 9.05. The first kappa shape index (κ1) is 26.3. The van der Waals surface area contributed by atoms with Gasteiger partial charge in [0.15, 0.2) is 5.82 Å². The zero-order valence-corrected chi connectivity index (χ0v) is 23.2. The van der Waals surface area contributed by atoms with Gasteiger partial charge in [0.05, 0.1) is 17.9 Å². The number of rotatable bonds is 4. The van der Waals surface area contributed by atoms with Crippen molar-refractivity contribution in [3.05, 3.63) is 59.5 Å². The van der Waals surface area contributed by atoms with Crippen molar-refractivity contribution in [3.8, 4) is 23.6 Å². The number of aromatic nitrogens is 1. The Balaban J connectivity index is 1.31. The highest BCUT2D eigenvalue weighted by molar-refractivity contribution is 6.06. The Bertz CT molecular complexity index is 1580. The van der Waals surface area contributed by atoms with E-state index in [1.807, 2.05) is 43.3 Å². The van der Waals surface area contributed by atoms with Crippen molar-refractivity contribution in [1.29, 1.82) is 0 Å². The van der Waals surface area contributed by atoms with E-state index in [2.05, 4.69) is 31.3 Å². The first-order valence-electron chi connectivity index (χ1n) is 14.4. The van der Waals surface area contributed by atoms with Crippen LogP contribution >= 0.6 is 0 Å². The second-order valence-corrected chi connectivity index (χ2v) is 11.7. The SMILES string of the molecule is C#Cc1cccc2cccc(-c3ncc4c(c3F)NC(C)(OC[C@@]35CCCN3CC(F)C5)N=C4N3CCNCC3)c12. The van der Waals surface area contributed by atoms with Crippen LogP contribution in [-0.4, -0.2) is 84.1 Å². The maximum atomic E-state index is 16.7. The van der Waals surface area contributed by atoms with E-state index < -0.39 is 17.8 Å². The van der Waals surface area contributed by atoms with Gasteiger partial charge in [-0.1, -0.05) is 36.3 Å². The lowest BCUT2D eigenvalue weighted by Crippen LogP contribution is -2.52. The molecule has 2 unspecified atom stereocenters. The highest BCUT2D eigenvalue weighted by Crippen LogP contribution is 2.43. The van der Waals surface area contributed by atoms with Gasteiger partial charge in [0.25, 0.3) is 0 Å². The van der Waals surface area contributed by atoms with Gasteiger partial charge in [0, 0.05) is 74.3 Å². The van der Waals surface area contributed by atoms with Crippen LogP contribution in [0.15, 0.2) is 47.6 Å². The second kappa shape index (κ2) is 10.1. The van der Waals surface area contributed by atoms with Crippen LogP contribution in [0, 0.1) is 18.2 Å². The molecule has 1 aromatic heterocycles. The number of pyridine rings is 1. The van der Waals surface area contributed by atoms with Gasteiger partial charge >= 0.3 is 0 Å². The molecule has 3 atom stereocenters. The average Bonchev–Trinajstić information content (AvgIpc) is 3.52. The van der Waals surface area contributed by atoms with Gasteiger partial charge in [-0.3, -0.25) is 9.88 Å². The fourth-order valence-corrected chi connectivity index (χ4v) is 7.06. The van der Waals surface area contributed by atoms with Gasteiger partial charge in [0.1, 0.15) is 17.7 Å². The van der Waals surface area contributed by atoms with Crippen LogP contribution in [0.3, 0.4) is 0 Å². The largest absolute Gasteiger partial charge is 0.354 e. The van der Waals surface area contributed by atoms with Gasteiger partial charge in [-0.15, -0.1) is 6.42 Å². The standard InChI is InChI=1S/C32H34F2N6O/c1-3-21-7-4-8-22-9-5-10-24(26(21)22)28-27(34)29-25(18-36-28)30(39-15-12-35-13-16-39)38-31(2,37-29)41-20-32-11-6-14-40(32)19-23(33)17-32/h1,4-5,7-10,18,23,35,37H,6,11-17,19-20H2,2H3/t23?,31?,32-/m0/s1. The zero-order valence-electron chi connectivity index (χ0n) is 23.2. The van der Waals surface area contributed by atoms with Gasteiger partial charge in [-0.2, -0.15) is 0 Å². The number of nitrogens with zero attached hydrogens (tertiary/aromatic N) is 4. The Morgan fingerprint density at radius 1 is 1.15 bits per heavy atom. The Morgan fingerprint density at radius 3 is 2.76 bits per heavy atom. The molecule has 9 heteroatoms. The van der Waals surface area contributed by atoms with Crippen LogP contribution in [0.4, 0.5) is 14.5 Å². The summed E-state index contributed by atoms with van der Waals surface area (Å²) >= 11 is 0. The third kappa shape index (κ3) is 4.45. The van der Waals surface area contributed by atoms with Crippen molar-refractivity contribution in [2.75, 3.05) is 51.2 Å². The molecule has 0 bridgehead atoms. The normalized spacial score (nSPS) is 27.7. The minimum absolute atomic E-state index is 0.213. The summed E-state index contributed by atoms with van der Waals surface area (Å²) in [5.74, 6) is 1.67. The number of ether oxygens (including phenoxy) is 1. The molecule has 41 heavy (non-hydrogen) atoms. The number of amidine groups is 1. The molecule has 0 saturated carbocycles. The predicted molar refractivity (Wildman–Crippen MR) is 157 cm³/mol. The van der Waals surface area contributed by atoms with E-state index in [1.165, 1.54) is 0 Å². The topological polar surface area (TPSA) is 65.0 Å². The van der Waals surface area contributed by atoms with Crippen LogP contribution in [-0.2, 0) is 4.74 Å². The van der Waals surface area contributed by atoms with E-state index in [9.17, 15) is 4.39 Å². The number of nitrogens with one attached hydrogen (secondary N) is 2. The predicted octanol–water partition coefficient (Wildman–Crippen LogP) is 4.37. The van der Waals surface area contributed by atoms with E-state index in [1.54, 1.807) is 6.20 Å². The Hall–Kier alpha value is -3.58. The lowest BCUT2D eigenvalue weighted by molar-refractivity contribution is -0.0538. The number of fused-ring (bicyclic) bond motifs is 3. The fourth-order valence-electron chi connectivity index (χ4n) is 7.06. The monoisotopic (exact) mass is 556 g/mol. The number of piperazine rings is 1. The van der Waals surface area contributed by atoms with Gasteiger partial charge in [-0.25, -0.2) is 13.8 Å². The van der Waals surface area contributed by atoms with Crippen molar-refractivity contribution in [3.63, 3.8) is 0 Å². The molecule has 0 radical (unpaired) electrons. The van der Waals surface area contributed by atoms with Crippen LogP contribution in [0.2, 0.25) is 0 Å². The van der Waals surface area contributed by atoms with E-state index >= 15 is 4.39 Å². The molecule has 3 saturated heterocycles. The summed E-state index contributed by atoms with van der Waals surface area (Å²) in [5, 5.41) is 8.37. The first-order valence-corrected chi connectivity index (χ1v) is 14.4. The molecule has 7 nitrogen and oxygen atoms in total. The van der Waals surface area contributed by atoms with Crippen molar-refractivity contribution < 1.29 is 13.5 Å². The smallest absolute Gasteiger partial charge is 0.235 e. The fraction of sp³-hybridized carbons (Fsp3) is 0.438. The molecule has 212 valence electrons. The van der Waals surface area contributed by atoms with E-state index in [0.29, 0.717) is 47.8 Å². The first-order chi connectivity index (χ1) is 19.9. The number of halogens is 2. The molecule has 0 aliphatic carbocycles. The van der Waals surface area contributed by atoms with E-state index in [-0.39, 0.29) is 11.2 Å². The minimum Gasteiger partial charge on any atom is -0.354 e. The summed E-state index contributed by atoms with van der Waals surface area (Å²) in [6.45, 7) is 6.52. The molecule has 3 fully saturated rings. The van der Waals surface area contributed by atoms with Crippen LogP contribution in [0.5, 0.6) is 0 Å². The van der Waals surface area contributed by atoms with Crippen molar-refractivity contribution in [2.45, 2.75) is 43.7 Å². The van der Waals surface area contributed by atoms with Gasteiger partial charge in [-0.05, 0) is 30.8 Å². The molecule has 2 aromatic carbocycles. The van der Waals surface area contributed by atoms with Crippen LogP contribution < -0.4 is 10.6 Å². The summed E-state index contributed by atoms with van der Waals surface area (Å²) in [6, 6.07) is 11.4. The average molecular weight is 557 g/mol. The van der Waals surface area contributed by atoms with Crippen LogP contribution in [0.25, 0.3) is 22.0 Å². The van der Waals surface area contributed by atoms with Crippen molar-refractivity contribution in [2.24, 2.45) is 4.99 Å². The van der Waals surface area contributed by atoms with Crippen molar-refractivity contribution >= 4 is 22.3 Å². The molecule has 3 aromatic rings. The molecule has 2 N–H and O–H groups in total. The molecule has 4 aliphatic heterocycles. The van der Waals surface area contributed by atoms with E-state index in [4.69, 9.17) is 16.2 Å². The summed E-state index contributed by atoms with van der Waals surface area (Å²) in [6.07, 6.45) is 9.03. The Morgan fingerprint density at radius 2 is 1.95 bits per heavy atom. The minimum atomic E-state index is -1.24. The summed E-state index contributed by atoms with van der Waals surface area (Å²) in [4.78, 5) is 14.0. The molecular weight excluding hydrogens is 522 g/mol. The number of hydrogen-bond acceptors (Lipinski definition) is 7. The van der Waals surface area contributed by atoms with Gasteiger partial charge < -0.3 is 20.3 Å². The summed E-state index contributed by atoms with van der Waals surface area (Å²) in [5.41, 5.74) is 2.08. The van der Waals surface area contributed by atoms with E-state index in [0.717, 1.165) is 56.3 Å². The second-order valence-electron chi connectivity index (χ2n) is 11.7. The maximum absolute atomic E-state index is 16.7. The Labute approximate surface area is 239 Å². The molecule has 7 rings (SSSR count). The zero-order chi connectivity index (χ0) is 28.2. The Kier molecular flexibility index (Phi) is 6.45. The molecule has 5 heterocycles. The van der Waals surface area contributed by atoms with Crippen molar-refractivity contribution in [1.82, 2.24) is 20.1 Å². The van der Waals surface area contributed by atoms with Crippen LogP contribution in [0.1, 0.15) is 37.3 Å². The van der Waals surface area contributed by atoms with Gasteiger partial charge in [0.2, 0.25) is 5.85 Å². The lowest BCUT2D eigenvalue weighted by Gasteiger charge is -2.41. The molecule has 4 aliphatic rings. The number of aliphatic imine (C=N–C) groups is 1.